The largest absolute Gasteiger partial charge is 0.266 e. The lowest BCUT2D eigenvalue weighted by Gasteiger charge is -2.19. The van der Waals surface area contributed by atoms with E-state index in [0.717, 1.165) is 5.92 Å². The molecule has 1 rings (SSSR count). The molecule has 0 bridgehead atoms. The van der Waals surface area contributed by atoms with Crippen molar-refractivity contribution in [3.8, 4) is 0 Å². The van der Waals surface area contributed by atoms with Crippen LogP contribution in [0.3, 0.4) is 0 Å². The van der Waals surface area contributed by atoms with Gasteiger partial charge in [-0.25, -0.2) is 0 Å². The van der Waals surface area contributed by atoms with Crippen LogP contribution < -0.4 is 0 Å². The minimum Gasteiger partial charge on any atom is -0.266 e. The maximum atomic E-state index is 4.25. The Morgan fingerprint density at radius 1 is 1.60 bits per heavy atom. The van der Waals surface area contributed by atoms with Crippen LogP contribution in [0, 0.1) is 11.8 Å². The van der Waals surface area contributed by atoms with Crippen molar-refractivity contribution in [3.05, 3.63) is 11.8 Å². The van der Waals surface area contributed by atoms with Gasteiger partial charge in [0.05, 0.1) is 0 Å². The highest BCUT2D eigenvalue weighted by molar-refractivity contribution is 5.64. The van der Waals surface area contributed by atoms with E-state index >= 15 is 0 Å². The van der Waals surface area contributed by atoms with Crippen LogP contribution in [0.4, 0.5) is 0 Å². The van der Waals surface area contributed by atoms with Crippen molar-refractivity contribution in [1.29, 1.82) is 0 Å². The summed E-state index contributed by atoms with van der Waals surface area (Å²) in [4.78, 5) is 4.25. The summed E-state index contributed by atoms with van der Waals surface area (Å²) in [7, 11) is 0. The average molecular weight is 137 g/mol. The van der Waals surface area contributed by atoms with Crippen LogP contribution in [0.25, 0.3) is 0 Å². The molecule has 0 saturated carbocycles. The van der Waals surface area contributed by atoms with Crippen LogP contribution in [0.2, 0.25) is 0 Å². The molecule has 0 aromatic heterocycles. The average Bonchev–Trinajstić information content (AvgIpc) is 1.94. The van der Waals surface area contributed by atoms with Crippen molar-refractivity contribution in [2.24, 2.45) is 16.8 Å². The molecule has 0 aromatic carbocycles. The van der Waals surface area contributed by atoms with Crippen molar-refractivity contribution < 1.29 is 0 Å². The standard InChI is InChI=1S/C9H15N/c1-4-9-5-8(3)10-6-7(9)2/h5-7,9H,4H2,1-3H3. The second kappa shape index (κ2) is 3.00. The summed E-state index contributed by atoms with van der Waals surface area (Å²) >= 11 is 0. The normalized spacial score (nSPS) is 32.1. The second-order valence-electron chi connectivity index (χ2n) is 3.02. The molecule has 2 atom stereocenters. The summed E-state index contributed by atoms with van der Waals surface area (Å²) in [5.41, 5.74) is 1.17. The summed E-state index contributed by atoms with van der Waals surface area (Å²) in [6, 6.07) is 0. The zero-order chi connectivity index (χ0) is 7.56. The predicted octanol–water partition coefficient (Wildman–Crippen LogP) is 2.64. The van der Waals surface area contributed by atoms with Gasteiger partial charge < -0.3 is 0 Å². The van der Waals surface area contributed by atoms with Crippen LogP contribution in [-0.4, -0.2) is 6.21 Å². The molecular weight excluding hydrogens is 122 g/mol. The fourth-order valence-corrected chi connectivity index (χ4v) is 1.34. The first-order valence-electron chi connectivity index (χ1n) is 3.96. The molecule has 0 aromatic rings. The van der Waals surface area contributed by atoms with E-state index in [1.54, 1.807) is 0 Å². The van der Waals surface area contributed by atoms with Gasteiger partial charge in [-0.1, -0.05) is 19.9 Å². The summed E-state index contributed by atoms with van der Waals surface area (Å²) < 4.78 is 0. The van der Waals surface area contributed by atoms with E-state index in [1.807, 2.05) is 0 Å². The number of aliphatic imine (C=N–C) groups is 1. The number of hydrogen-bond donors (Lipinski definition) is 0. The van der Waals surface area contributed by atoms with Crippen molar-refractivity contribution in [2.75, 3.05) is 0 Å². The predicted molar refractivity (Wildman–Crippen MR) is 45.2 cm³/mol. The summed E-state index contributed by atoms with van der Waals surface area (Å²) in [5, 5.41) is 0. The lowest BCUT2D eigenvalue weighted by Crippen LogP contribution is -2.13. The Labute approximate surface area is 62.9 Å². The SMILES string of the molecule is CCC1C=C(C)N=CC1C. The van der Waals surface area contributed by atoms with Gasteiger partial charge in [-0.2, -0.15) is 0 Å². The molecule has 10 heavy (non-hydrogen) atoms. The highest BCUT2D eigenvalue weighted by Crippen LogP contribution is 2.21. The van der Waals surface area contributed by atoms with Gasteiger partial charge in [0.25, 0.3) is 0 Å². The summed E-state index contributed by atoms with van der Waals surface area (Å²) in [6.07, 6.45) is 5.55. The van der Waals surface area contributed by atoms with Crippen LogP contribution >= 0.6 is 0 Å². The molecule has 0 N–H and O–H groups in total. The molecule has 1 aliphatic rings. The van der Waals surface area contributed by atoms with Crippen molar-refractivity contribution in [1.82, 2.24) is 0 Å². The quantitative estimate of drug-likeness (QED) is 0.527. The van der Waals surface area contributed by atoms with E-state index in [1.165, 1.54) is 12.1 Å². The second-order valence-corrected chi connectivity index (χ2v) is 3.02. The van der Waals surface area contributed by atoms with Gasteiger partial charge in [0, 0.05) is 11.9 Å². The summed E-state index contributed by atoms with van der Waals surface area (Å²) in [6.45, 7) is 6.51. The zero-order valence-electron chi connectivity index (χ0n) is 6.96. The third-order valence-electron chi connectivity index (χ3n) is 2.12. The maximum Gasteiger partial charge on any atom is 0.0332 e. The molecule has 0 radical (unpaired) electrons. The number of nitrogens with zero attached hydrogens (tertiary/aromatic N) is 1. The molecule has 0 saturated heterocycles. The van der Waals surface area contributed by atoms with Crippen LogP contribution in [0.5, 0.6) is 0 Å². The fourth-order valence-electron chi connectivity index (χ4n) is 1.34. The Morgan fingerprint density at radius 2 is 2.30 bits per heavy atom. The van der Waals surface area contributed by atoms with Crippen molar-refractivity contribution >= 4 is 6.21 Å². The molecule has 0 amide bonds. The molecule has 0 fully saturated rings. The highest BCUT2D eigenvalue weighted by atomic mass is 14.7. The Hall–Kier alpha value is -0.590. The van der Waals surface area contributed by atoms with E-state index in [-0.39, 0.29) is 0 Å². The van der Waals surface area contributed by atoms with E-state index in [0.29, 0.717) is 5.92 Å². The number of allylic oxidation sites excluding steroid dienone is 2. The highest BCUT2D eigenvalue weighted by Gasteiger charge is 2.13. The first-order valence-corrected chi connectivity index (χ1v) is 3.96. The van der Waals surface area contributed by atoms with Crippen LogP contribution in [0.1, 0.15) is 27.2 Å². The third-order valence-corrected chi connectivity index (χ3v) is 2.12. The van der Waals surface area contributed by atoms with Gasteiger partial charge in [-0.15, -0.1) is 0 Å². The van der Waals surface area contributed by atoms with Gasteiger partial charge in [0.2, 0.25) is 0 Å². The van der Waals surface area contributed by atoms with Gasteiger partial charge >= 0.3 is 0 Å². The maximum absolute atomic E-state index is 4.25. The Balaban J connectivity index is 2.67. The lowest BCUT2D eigenvalue weighted by atomic mass is 9.90. The fraction of sp³-hybridized carbons (Fsp3) is 0.667. The van der Waals surface area contributed by atoms with Crippen molar-refractivity contribution in [2.45, 2.75) is 27.2 Å². The minimum atomic E-state index is 0.633. The Kier molecular flexibility index (Phi) is 2.25. The van der Waals surface area contributed by atoms with E-state index in [4.69, 9.17) is 0 Å². The minimum absolute atomic E-state index is 0.633. The van der Waals surface area contributed by atoms with Gasteiger partial charge in [0.1, 0.15) is 0 Å². The van der Waals surface area contributed by atoms with Crippen LogP contribution in [-0.2, 0) is 0 Å². The number of rotatable bonds is 1. The smallest absolute Gasteiger partial charge is 0.0332 e. The Bertz CT molecular complexity index is 168. The van der Waals surface area contributed by atoms with E-state index in [9.17, 15) is 0 Å². The molecule has 1 heterocycles. The molecule has 2 unspecified atom stereocenters. The van der Waals surface area contributed by atoms with E-state index in [2.05, 4.69) is 38.1 Å². The monoisotopic (exact) mass is 137 g/mol. The van der Waals surface area contributed by atoms with E-state index < -0.39 is 0 Å². The zero-order valence-corrected chi connectivity index (χ0v) is 6.96. The first kappa shape index (κ1) is 7.52. The first-order chi connectivity index (χ1) is 4.74. The topological polar surface area (TPSA) is 12.4 Å². The summed E-state index contributed by atoms with van der Waals surface area (Å²) in [5.74, 6) is 1.35. The van der Waals surface area contributed by atoms with Crippen LogP contribution in [0.15, 0.2) is 16.8 Å². The van der Waals surface area contributed by atoms with Crippen molar-refractivity contribution in [3.63, 3.8) is 0 Å². The molecule has 1 nitrogen and oxygen atoms in total. The van der Waals surface area contributed by atoms with Gasteiger partial charge in [0.15, 0.2) is 0 Å². The Morgan fingerprint density at radius 3 is 2.80 bits per heavy atom. The molecule has 0 aliphatic carbocycles. The molecule has 1 heteroatoms. The molecule has 56 valence electrons. The van der Waals surface area contributed by atoms with Gasteiger partial charge in [-0.3, -0.25) is 4.99 Å². The van der Waals surface area contributed by atoms with Gasteiger partial charge in [-0.05, 0) is 25.2 Å². The molecular formula is C9H15N. The molecule has 0 spiro atoms. The molecule has 1 aliphatic heterocycles. The lowest BCUT2D eigenvalue weighted by molar-refractivity contribution is 0.519. The number of hydrogen-bond acceptors (Lipinski definition) is 1. The third kappa shape index (κ3) is 1.47.